The second kappa shape index (κ2) is 2.58. The van der Waals surface area contributed by atoms with Crippen molar-refractivity contribution in [1.82, 2.24) is 0 Å². The van der Waals surface area contributed by atoms with E-state index in [9.17, 15) is 0 Å². The van der Waals surface area contributed by atoms with Gasteiger partial charge in [-0.1, -0.05) is 31.9 Å². The fourth-order valence-electron chi connectivity index (χ4n) is 2.52. The summed E-state index contributed by atoms with van der Waals surface area (Å²) in [4.78, 5) is 1.40. The highest BCUT2D eigenvalue weighted by molar-refractivity contribution is 9.10. The highest BCUT2D eigenvalue weighted by Gasteiger charge is 2.49. The van der Waals surface area contributed by atoms with E-state index in [2.05, 4.69) is 42.6 Å². The molecule has 64 valence electrons. The largest absolute Gasteiger partial charge is 0.152 e. The fourth-order valence-corrected chi connectivity index (χ4v) is 6.07. The maximum absolute atomic E-state index is 3.81. The molecule has 0 N–H and O–H groups in total. The average Bonchev–Trinajstić information content (AvgIpc) is 2.61. The Morgan fingerprint density at radius 3 is 2.83 bits per heavy atom. The Bertz CT molecular complexity index is 320. The quantitative estimate of drug-likeness (QED) is 0.639. The molecule has 1 aromatic rings. The summed E-state index contributed by atoms with van der Waals surface area (Å²) in [7, 11) is 0. The van der Waals surface area contributed by atoms with Gasteiger partial charge < -0.3 is 0 Å². The van der Waals surface area contributed by atoms with E-state index in [-0.39, 0.29) is 0 Å². The first-order valence-corrected chi connectivity index (χ1v) is 6.90. The number of rotatable bonds is 0. The Kier molecular flexibility index (Phi) is 1.72. The molecule has 0 radical (unpaired) electrons. The third-order valence-electron chi connectivity index (χ3n) is 3.08. The molecular formula is C9H8Br2S. The molecule has 1 fully saturated rings. The maximum atomic E-state index is 3.81. The van der Waals surface area contributed by atoms with Crippen molar-refractivity contribution in [2.75, 3.05) is 0 Å². The highest BCUT2D eigenvalue weighted by atomic mass is 79.9. The van der Waals surface area contributed by atoms with Crippen LogP contribution in [0.2, 0.25) is 0 Å². The van der Waals surface area contributed by atoms with Crippen LogP contribution in [0.1, 0.15) is 29.4 Å². The van der Waals surface area contributed by atoms with Crippen LogP contribution in [0.5, 0.6) is 0 Å². The molecule has 0 unspecified atom stereocenters. The molecule has 0 saturated heterocycles. The van der Waals surface area contributed by atoms with Crippen molar-refractivity contribution in [2.45, 2.75) is 27.9 Å². The lowest BCUT2D eigenvalue weighted by Crippen LogP contribution is -2.09. The van der Waals surface area contributed by atoms with E-state index in [1.165, 1.54) is 6.42 Å². The smallest absolute Gasteiger partial charge is 0.0295 e. The lowest BCUT2D eigenvalue weighted by atomic mass is 9.96. The summed E-state index contributed by atoms with van der Waals surface area (Å²) in [5.74, 6) is 1.51. The molecule has 12 heavy (non-hydrogen) atoms. The van der Waals surface area contributed by atoms with Crippen LogP contribution in [-0.4, -0.2) is 9.65 Å². The van der Waals surface area contributed by atoms with Gasteiger partial charge in [0, 0.05) is 15.6 Å². The van der Waals surface area contributed by atoms with Crippen molar-refractivity contribution < 1.29 is 0 Å². The van der Waals surface area contributed by atoms with Crippen molar-refractivity contribution >= 4 is 43.2 Å². The normalized spacial score (nSPS) is 43.5. The molecule has 3 heteroatoms. The zero-order valence-electron chi connectivity index (χ0n) is 6.34. The van der Waals surface area contributed by atoms with E-state index in [1.807, 2.05) is 11.3 Å². The third-order valence-corrected chi connectivity index (χ3v) is 6.01. The van der Waals surface area contributed by atoms with E-state index < -0.39 is 0 Å². The molecule has 3 rings (SSSR count). The Hall–Kier alpha value is 0.660. The predicted molar refractivity (Wildman–Crippen MR) is 59.8 cm³/mol. The Morgan fingerprint density at radius 1 is 1.25 bits per heavy atom. The van der Waals surface area contributed by atoms with Crippen molar-refractivity contribution in [1.29, 1.82) is 0 Å². The predicted octanol–water partition coefficient (Wildman–Crippen LogP) is 3.86. The summed E-state index contributed by atoms with van der Waals surface area (Å²) in [5.41, 5.74) is 3.21. The van der Waals surface area contributed by atoms with Crippen molar-refractivity contribution in [2.24, 2.45) is 0 Å². The van der Waals surface area contributed by atoms with E-state index in [4.69, 9.17) is 0 Å². The summed E-state index contributed by atoms with van der Waals surface area (Å²) in [6, 6.07) is 0. The molecule has 2 aliphatic rings. The second-order valence-electron chi connectivity index (χ2n) is 3.61. The zero-order valence-corrected chi connectivity index (χ0v) is 10.3. The van der Waals surface area contributed by atoms with Crippen LogP contribution in [0.15, 0.2) is 10.8 Å². The summed E-state index contributed by atoms with van der Waals surface area (Å²) < 4.78 is 0. The highest BCUT2D eigenvalue weighted by Crippen LogP contribution is 2.59. The Morgan fingerprint density at radius 2 is 2.00 bits per heavy atom. The van der Waals surface area contributed by atoms with Crippen molar-refractivity contribution in [3.8, 4) is 0 Å². The van der Waals surface area contributed by atoms with Gasteiger partial charge in [-0.25, -0.2) is 0 Å². The summed E-state index contributed by atoms with van der Waals surface area (Å²) in [6.45, 7) is 0. The van der Waals surface area contributed by atoms with Gasteiger partial charge in [0.2, 0.25) is 0 Å². The molecule has 1 aromatic heterocycles. The minimum atomic E-state index is 0.695. The molecule has 1 heterocycles. The van der Waals surface area contributed by atoms with E-state index >= 15 is 0 Å². The molecule has 4 atom stereocenters. The topological polar surface area (TPSA) is 0 Å². The van der Waals surface area contributed by atoms with Gasteiger partial charge in [0.15, 0.2) is 0 Å². The minimum Gasteiger partial charge on any atom is -0.152 e. The first-order valence-electron chi connectivity index (χ1n) is 4.13. The fraction of sp³-hybridized carbons (Fsp3) is 0.556. The van der Waals surface area contributed by atoms with Crippen LogP contribution < -0.4 is 0 Å². The van der Waals surface area contributed by atoms with Gasteiger partial charge in [-0.3, -0.25) is 0 Å². The molecular weight excluding hydrogens is 300 g/mol. The first-order chi connectivity index (χ1) is 5.79. The summed E-state index contributed by atoms with van der Waals surface area (Å²) >= 11 is 9.42. The second-order valence-corrected chi connectivity index (χ2v) is 6.59. The molecule has 2 bridgehead atoms. The number of hydrogen-bond donors (Lipinski definition) is 0. The van der Waals surface area contributed by atoms with Gasteiger partial charge in [-0.15, -0.1) is 0 Å². The summed E-state index contributed by atoms with van der Waals surface area (Å²) in [6.07, 6.45) is 1.31. The van der Waals surface area contributed by atoms with Gasteiger partial charge in [0.1, 0.15) is 0 Å². The van der Waals surface area contributed by atoms with Crippen LogP contribution in [0.25, 0.3) is 0 Å². The zero-order chi connectivity index (χ0) is 8.29. The number of thiophene rings is 1. The third kappa shape index (κ3) is 0.828. The van der Waals surface area contributed by atoms with E-state index in [1.54, 1.807) is 11.1 Å². The Labute approximate surface area is 92.6 Å². The van der Waals surface area contributed by atoms with Crippen LogP contribution in [0, 0.1) is 0 Å². The van der Waals surface area contributed by atoms with E-state index in [0.717, 1.165) is 11.8 Å². The molecule has 0 aromatic carbocycles. The SMILES string of the molecule is Br[C@@H]1[C@H]2c3cscc3[C@@H]1C[C@H]2Br. The molecule has 2 aliphatic carbocycles. The standard InChI is InChI=1S/C9H8Br2S/c10-7-1-4-5-2-12-3-6(5)8(7)9(4)11/h2-4,7-9H,1H2/t4-,7+,8-,9-/m0/s1. The van der Waals surface area contributed by atoms with Crippen LogP contribution in [0.4, 0.5) is 0 Å². The van der Waals surface area contributed by atoms with Crippen molar-refractivity contribution in [3.05, 3.63) is 21.9 Å². The van der Waals surface area contributed by atoms with E-state index in [0.29, 0.717) is 9.65 Å². The van der Waals surface area contributed by atoms with Crippen LogP contribution in [0.3, 0.4) is 0 Å². The number of alkyl halides is 2. The minimum absolute atomic E-state index is 0.695. The van der Waals surface area contributed by atoms with Crippen LogP contribution >= 0.6 is 43.2 Å². The van der Waals surface area contributed by atoms with Crippen LogP contribution in [-0.2, 0) is 0 Å². The van der Waals surface area contributed by atoms with Gasteiger partial charge in [-0.2, -0.15) is 11.3 Å². The van der Waals surface area contributed by atoms with Gasteiger partial charge in [0.25, 0.3) is 0 Å². The van der Waals surface area contributed by atoms with Gasteiger partial charge >= 0.3 is 0 Å². The molecule has 1 saturated carbocycles. The van der Waals surface area contributed by atoms with Gasteiger partial charge in [-0.05, 0) is 34.2 Å². The van der Waals surface area contributed by atoms with Gasteiger partial charge in [0.05, 0.1) is 0 Å². The molecule has 0 nitrogen and oxygen atoms in total. The first kappa shape index (κ1) is 8.01. The Balaban J connectivity index is 2.17. The lowest BCUT2D eigenvalue weighted by molar-refractivity contribution is 0.748. The number of hydrogen-bond acceptors (Lipinski definition) is 1. The number of halogens is 2. The number of fused-ring (bicyclic) bond motifs is 5. The average molecular weight is 308 g/mol. The molecule has 0 aliphatic heterocycles. The maximum Gasteiger partial charge on any atom is 0.0295 e. The monoisotopic (exact) mass is 306 g/mol. The van der Waals surface area contributed by atoms with Crippen molar-refractivity contribution in [3.63, 3.8) is 0 Å². The molecule has 0 spiro atoms. The summed E-state index contributed by atoms with van der Waals surface area (Å²) in [5, 5.41) is 4.65. The molecule has 0 amide bonds. The lowest BCUT2D eigenvalue weighted by Gasteiger charge is -2.15.